The van der Waals surface area contributed by atoms with Gasteiger partial charge in [-0.2, -0.15) is 0 Å². The zero-order valence-electron chi connectivity index (χ0n) is 18.4. The molecular weight excluding hydrogens is 425 g/mol. The summed E-state index contributed by atoms with van der Waals surface area (Å²) in [5, 5.41) is 2.62. The predicted molar refractivity (Wildman–Crippen MR) is 120 cm³/mol. The van der Waals surface area contributed by atoms with Crippen LogP contribution in [0.3, 0.4) is 0 Å². The molecule has 2 aromatic carbocycles. The van der Waals surface area contributed by atoms with Crippen molar-refractivity contribution in [1.29, 1.82) is 0 Å². The number of imide groups is 1. The Morgan fingerprint density at radius 1 is 1.06 bits per heavy atom. The lowest BCUT2D eigenvalue weighted by Crippen LogP contribution is -2.30. The topological polar surface area (TPSA) is 80.6 Å². The van der Waals surface area contributed by atoms with E-state index in [1.807, 2.05) is 36.6 Å². The summed E-state index contributed by atoms with van der Waals surface area (Å²) in [6.45, 7) is 3.89. The number of amides is 3. The van der Waals surface area contributed by atoms with Crippen molar-refractivity contribution >= 4 is 24.0 Å². The van der Waals surface area contributed by atoms with Crippen LogP contribution in [0.2, 0.25) is 0 Å². The summed E-state index contributed by atoms with van der Waals surface area (Å²) < 4.78 is 19.9. The summed E-state index contributed by atoms with van der Waals surface area (Å²) >= 11 is 0. The Hall–Kier alpha value is -4.20. The van der Waals surface area contributed by atoms with Crippen LogP contribution in [0.1, 0.15) is 32.9 Å². The Labute approximate surface area is 190 Å². The third-order valence-electron chi connectivity index (χ3n) is 5.53. The molecule has 1 fully saturated rings. The normalized spacial score (nSPS) is 14.7. The molecule has 8 heteroatoms. The number of ether oxygens (including phenoxy) is 1. The van der Waals surface area contributed by atoms with Gasteiger partial charge in [0.1, 0.15) is 11.5 Å². The fourth-order valence-electron chi connectivity index (χ4n) is 3.84. The number of urea groups is 1. The summed E-state index contributed by atoms with van der Waals surface area (Å²) in [6, 6.07) is 14.0. The maximum atomic E-state index is 13.1. The lowest BCUT2D eigenvalue weighted by molar-refractivity contribution is -0.123. The van der Waals surface area contributed by atoms with E-state index < -0.39 is 17.9 Å². The lowest BCUT2D eigenvalue weighted by atomic mass is 10.2. The van der Waals surface area contributed by atoms with Crippen LogP contribution in [0.15, 0.2) is 60.3 Å². The molecule has 3 amide bonds. The lowest BCUT2D eigenvalue weighted by Gasteiger charge is -2.11. The monoisotopic (exact) mass is 447 g/mol. The van der Waals surface area contributed by atoms with Crippen LogP contribution in [0.25, 0.3) is 11.8 Å². The number of benzene rings is 2. The molecule has 3 aromatic rings. The highest BCUT2D eigenvalue weighted by molar-refractivity contribution is 6.14. The minimum absolute atomic E-state index is 0.0495. The van der Waals surface area contributed by atoms with Crippen molar-refractivity contribution in [3.05, 3.63) is 94.2 Å². The predicted octanol–water partition coefficient (Wildman–Crippen LogP) is 4.11. The molecule has 7 nitrogen and oxygen atoms in total. The molecule has 0 aliphatic carbocycles. The molecule has 0 spiro atoms. The van der Waals surface area contributed by atoms with Gasteiger partial charge in [-0.25, -0.2) is 14.0 Å². The van der Waals surface area contributed by atoms with Crippen LogP contribution in [0, 0.1) is 19.7 Å². The molecule has 0 bridgehead atoms. The first-order valence-corrected chi connectivity index (χ1v) is 10.2. The average Bonchev–Trinajstić information content (AvgIpc) is 3.23. The van der Waals surface area contributed by atoms with Crippen LogP contribution >= 0.6 is 0 Å². The van der Waals surface area contributed by atoms with Crippen LogP contribution in [0.5, 0.6) is 0 Å². The van der Waals surface area contributed by atoms with Gasteiger partial charge in [-0.1, -0.05) is 12.1 Å². The van der Waals surface area contributed by atoms with Crippen molar-refractivity contribution in [1.82, 2.24) is 14.8 Å². The molecule has 0 atom stereocenters. The van der Waals surface area contributed by atoms with Gasteiger partial charge >= 0.3 is 12.0 Å². The molecule has 33 heavy (non-hydrogen) atoms. The van der Waals surface area contributed by atoms with E-state index in [1.54, 1.807) is 18.2 Å². The van der Waals surface area contributed by atoms with Crippen molar-refractivity contribution in [2.24, 2.45) is 0 Å². The number of esters is 1. The number of halogens is 1. The summed E-state index contributed by atoms with van der Waals surface area (Å²) in [5.74, 6) is -1.24. The molecular formula is C25H22FN3O4. The third-order valence-corrected chi connectivity index (χ3v) is 5.53. The quantitative estimate of drug-likeness (QED) is 0.363. The van der Waals surface area contributed by atoms with Gasteiger partial charge in [0, 0.05) is 17.1 Å². The highest BCUT2D eigenvalue weighted by atomic mass is 19.1. The number of aryl methyl sites for hydroxylation is 1. The number of rotatable bonds is 5. The number of methoxy groups -OCH3 is 1. The van der Waals surface area contributed by atoms with Gasteiger partial charge in [0.15, 0.2) is 0 Å². The zero-order chi connectivity index (χ0) is 23.7. The van der Waals surface area contributed by atoms with E-state index >= 15 is 0 Å². The molecule has 2 heterocycles. The average molecular weight is 447 g/mol. The maximum Gasteiger partial charge on any atom is 0.337 e. The van der Waals surface area contributed by atoms with Gasteiger partial charge in [-0.15, -0.1) is 0 Å². The minimum atomic E-state index is -0.525. The summed E-state index contributed by atoms with van der Waals surface area (Å²) in [6.07, 6.45) is 1.65. The van der Waals surface area contributed by atoms with E-state index in [0.717, 1.165) is 27.5 Å². The van der Waals surface area contributed by atoms with Gasteiger partial charge in [0.05, 0.1) is 19.2 Å². The van der Waals surface area contributed by atoms with Crippen molar-refractivity contribution < 1.29 is 23.5 Å². The van der Waals surface area contributed by atoms with Gasteiger partial charge in [-0.3, -0.25) is 9.69 Å². The molecule has 1 saturated heterocycles. The van der Waals surface area contributed by atoms with Crippen molar-refractivity contribution in [3.63, 3.8) is 0 Å². The zero-order valence-corrected chi connectivity index (χ0v) is 18.4. The van der Waals surface area contributed by atoms with Gasteiger partial charge in [-0.05, 0) is 73.5 Å². The smallest absolute Gasteiger partial charge is 0.337 e. The maximum absolute atomic E-state index is 13.1. The van der Waals surface area contributed by atoms with Gasteiger partial charge < -0.3 is 14.6 Å². The first-order valence-electron chi connectivity index (χ1n) is 10.2. The van der Waals surface area contributed by atoms with Crippen LogP contribution in [0.4, 0.5) is 9.18 Å². The second-order valence-electron chi connectivity index (χ2n) is 7.71. The Kier molecular flexibility index (Phi) is 5.83. The summed E-state index contributed by atoms with van der Waals surface area (Å²) in [7, 11) is 1.33. The highest BCUT2D eigenvalue weighted by Crippen LogP contribution is 2.25. The SMILES string of the molecule is COC(=O)c1ccc(-n2c(C)cc(/C=C3\NC(=O)N(Cc4ccc(F)cc4)C3=O)c2C)cc1. The number of nitrogens with one attached hydrogen (secondary N) is 1. The van der Waals surface area contributed by atoms with Crippen molar-refractivity contribution in [3.8, 4) is 5.69 Å². The molecule has 0 unspecified atom stereocenters. The van der Waals surface area contributed by atoms with Crippen LogP contribution in [-0.4, -0.2) is 34.5 Å². The molecule has 168 valence electrons. The van der Waals surface area contributed by atoms with E-state index in [9.17, 15) is 18.8 Å². The van der Waals surface area contributed by atoms with E-state index in [-0.39, 0.29) is 18.1 Å². The first kappa shape index (κ1) is 22.0. The standard InChI is InChI=1S/C25H22FN3O4/c1-15-12-19(16(2)29(15)21-10-6-18(7-11-21)24(31)33-3)13-22-23(30)28(25(32)27-22)14-17-4-8-20(26)9-5-17/h4-13H,14H2,1-3H3,(H,27,32)/b22-13-. The molecule has 4 rings (SSSR count). The van der Waals surface area contributed by atoms with Crippen molar-refractivity contribution in [2.45, 2.75) is 20.4 Å². The van der Waals surface area contributed by atoms with E-state index in [1.165, 1.54) is 31.4 Å². The second-order valence-corrected chi connectivity index (χ2v) is 7.71. The molecule has 0 radical (unpaired) electrons. The van der Waals surface area contributed by atoms with Gasteiger partial charge in [0.2, 0.25) is 0 Å². The summed E-state index contributed by atoms with van der Waals surface area (Å²) in [4.78, 5) is 38.0. The first-order chi connectivity index (χ1) is 15.8. The molecule has 0 saturated carbocycles. The highest BCUT2D eigenvalue weighted by Gasteiger charge is 2.33. The fraction of sp³-hybridized carbons (Fsp3) is 0.160. The van der Waals surface area contributed by atoms with E-state index in [4.69, 9.17) is 4.74 Å². The third kappa shape index (κ3) is 4.27. The number of carbonyl (C=O) groups is 3. The largest absolute Gasteiger partial charge is 0.465 e. The van der Waals surface area contributed by atoms with Gasteiger partial charge in [0.25, 0.3) is 5.91 Å². The Balaban J connectivity index is 1.59. The Bertz CT molecular complexity index is 1270. The summed E-state index contributed by atoms with van der Waals surface area (Å²) in [5.41, 5.74) is 4.68. The van der Waals surface area contributed by atoms with E-state index in [0.29, 0.717) is 11.1 Å². The number of aromatic nitrogens is 1. The molecule has 1 aromatic heterocycles. The number of hydrogen-bond acceptors (Lipinski definition) is 4. The van der Waals surface area contributed by atoms with Crippen molar-refractivity contribution in [2.75, 3.05) is 7.11 Å². The van der Waals surface area contributed by atoms with Crippen LogP contribution < -0.4 is 5.32 Å². The molecule has 1 aliphatic rings. The van der Waals surface area contributed by atoms with Crippen LogP contribution in [-0.2, 0) is 16.1 Å². The fourth-order valence-corrected chi connectivity index (χ4v) is 3.84. The van der Waals surface area contributed by atoms with E-state index in [2.05, 4.69) is 5.32 Å². The number of hydrogen-bond donors (Lipinski definition) is 1. The second kappa shape index (κ2) is 8.74. The molecule has 1 aliphatic heterocycles. The minimum Gasteiger partial charge on any atom is -0.465 e. The number of carbonyl (C=O) groups excluding carboxylic acids is 3. The number of nitrogens with zero attached hydrogens (tertiary/aromatic N) is 2. The Morgan fingerprint density at radius 2 is 1.73 bits per heavy atom. The molecule has 1 N–H and O–H groups in total. The Morgan fingerprint density at radius 3 is 2.36 bits per heavy atom.